The Morgan fingerprint density at radius 2 is 1.96 bits per heavy atom. The first-order chi connectivity index (χ1) is 11.9. The number of fused-ring (bicyclic) bond motifs is 1. The van der Waals surface area contributed by atoms with Crippen molar-refractivity contribution in [3.05, 3.63) is 0 Å². The number of carbonyl (C=O) groups excluding carboxylic acids is 2. The number of methoxy groups -OCH3 is 2. The molecule has 3 aliphatic rings. The highest BCUT2D eigenvalue weighted by molar-refractivity contribution is 6.04. The maximum Gasteiger partial charge on any atom is 0.319 e. The Balaban J connectivity index is 2.23. The number of hydrogen-bond donors (Lipinski definition) is 1. The fraction of sp³-hybridized carbons (Fsp3) is 0.833. The SMILES string of the molecule is CCN1C(=O)[C@]2(C(=O)O)CCCC3(CCC(=O)CC13)[C@@H]2C(OC)OC. The molecule has 3 fully saturated rings. The van der Waals surface area contributed by atoms with Gasteiger partial charge in [0.05, 0.1) is 0 Å². The highest BCUT2D eigenvalue weighted by atomic mass is 16.7. The fourth-order valence-electron chi connectivity index (χ4n) is 5.84. The van der Waals surface area contributed by atoms with Crippen LogP contribution in [0.3, 0.4) is 0 Å². The van der Waals surface area contributed by atoms with Crippen LogP contribution in [0.25, 0.3) is 0 Å². The molecule has 2 aliphatic carbocycles. The summed E-state index contributed by atoms with van der Waals surface area (Å²) in [6.45, 7) is 2.26. The molecule has 0 radical (unpaired) electrons. The molecule has 3 rings (SSSR count). The summed E-state index contributed by atoms with van der Waals surface area (Å²) in [5, 5.41) is 10.1. The van der Waals surface area contributed by atoms with E-state index in [-0.39, 0.29) is 24.2 Å². The van der Waals surface area contributed by atoms with E-state index in [1.165, 1.54) is 14.2 Å². The molecule has 7 heteroatoms. The molecule has 0 aromatic rings. The highest BCUT2D eigenvalue weighted by Gasteiger charge is 2.72. The third-order valence-electron chi connectivity index (χ3n) is 6.80. The van der Waals surface area contributed by atoms with Crippen molar-refractivity contribution in [1.29, 1.82) is 0 Å². The molecule has 25 heavy (non-hydrogen) atoms. The number of carbonyl (C=O) groups is 3. The van der Waals surface area contributed by atoms with Crippen LogP contribution in [0.4, 0.5) is 0 Å². The Hall–Kier alpha value is -1.47. The van der Waals surface area contributed by atoms with Gasteiger partial charge < -0.3 is 19.5 Å². The van der Waals surface area contributed by atoms with E-state index in [0.717, 1.165) is 6.42 Å². The Morgan fingerprint density at radius 1 is 1.28 bits per heavy atom. The van der Waals surface area contributed by atoms with Gasteiger partial charge in [-0.3, -0.25) is 14.4 Å². The summed E-state index contributed by atoms with van der Waals surface area (Å²) < 4.78 is 11.0. The first kappa shape index (κ1) is 18.3. The van der Waals surface area contributed by atoms with Gasteiger partial charge >= 0.3 is 5.97 Å². The largest absolute Gasteiger partial charge is 0.480 e. The summed E-state index contributed by atoms with van der Waals surface area (Å²) in [5.74, 6) is -1.94. The van der Waals surface area contributed by atoms with Gasteiger partial charge in [-0.25, -0.2) is 0 Å². The lowest BCUT2D eigenvalue weighted by Crippen LogP contribution is -2.74. The quantitative estimate of drug-likeness (QED) is 0.594. The molecule has 0 aromatic heterocycles. The first-order valence-electron chi connectivity index (χ1n) is 9.00. The molecule has 1 spiro atoms. The number of ether oxygens (including phenoxy) is 2. The molecular weight excluding hydrogens is 326 g/mol. The van der Waals surface area contributed by atoms with Crippen LogP contribution in [0.2, 0.25) is 0 Å². The van der Waals surface area contributed by atoms with Crippen molar-refractivity contribution in [3.63, 3.8) is 0 Å². The summed E-state index contributed by atoms with van der Waals surface area (Å²) in [4.78, 5) is 39.6. The Kier molecular flexibility index (Phi) is 4.66. The fourth-order valence-corrected chi connectivity index (χ4v) is 5.84. The third kappa shape index (κ3) is 2.28. The molecule has 0 aromatic carbocycles. The molecule has 1 aliphatic heterocycles. The number of rotatable bonds is 5. The van der Waals surface area contributed by atoms with Gasteiger partial charge in [-0.15, -0.1) is 0 Å². The van der Waals surface area contributed by atoms with Crippen LogP contribution in [-0.2, 0) is 23.9 Å². The van der Waals surface area contributed by atoms with Crippen molar-refractivity contribution in [1.82, 2.24) is 4.90 Å². The van der Waals surface area contributed by atoms with E-state index in [9.17, 15) is 19.5 Å². The number of Topliss-reactive ketones (excluding diaryl/α,β-unsaturated/α-hetero) is 1. The van der Waals surface area contributed by atoms with Crippen LogP contribution in [0, 0.1) is 16.7 Å². The highest BCUT2D eigenvalue weighted by Crippen LogP contribution is 2.64. The molecule has 140 valence electrons. The standard InChI is InChI=1S/C18H27NO6/c1-4-19-12-10-11(20)6-9-17(12)7-5-8-18(15(19)21,16(22)23)13(17)14(24-2)25-3/h12-14H,4-10H2,1-3H3,(H,22,23)/t12?,13-,17?,18-/m0/s1. The number of amides is 1. The van der Waals surface area contributed by atoms with Crippen molar-refractivity contribution in [2.45, 2.75) is 57.8 Å². The lowest BCUT2D eigenvalue weighted by Gasteiger charge is -2.64. The monoisotopic (exact) mass is 353 g/mol. The van der Waals surface area contributed by atoms with Crippen LogP contribution in [-0.4, -0.2) is 60.8 Å². The molecule has 1 N–H and O–H groups in total. The summed E-state index contributed by atoms with van der Waals surface area (Å²) >= 11 is 0. The number of aliphatic carboxylic acids is 1. The number of carboxylic acid groups (broad SMARTS) is 1. The van der Waals surface area contributed by atoms with Crippen molar-refractivity contribution >= 4 is 17.7 Å². The van der Waals surface area contributed by atoms with Gasteiger partial charge in [0.1, 0.15) is 5.78 Å². The summed E-state index contributed by atoms with van der Waals surface area (Å²) in [6, 6.07) is -0.267. The zero-order valence-corrected chi connectivity index (χ0v) is 15.1. The normalized spacial score (nSPS) is 38.0. The average molecular weight is 353 g/mol. The predicted octanol–water partition coefficient (Wildman–Crippen LogP) is 1.45. The minimum Gasteiger partial charge on any atom is -0.480 e. The predicted molar refractivity (Wildman–Crippen MR) is 87.7 cm³/mol. The van der Waals surface area contributed by atoms with E-state index in [4.69, 9.17) is 9.47 Å². The smallest absolute Gasteiger partial charge is 0.319 e. The number of nitrogens with zero attached hydrogens (tertiary/aromatic N) is 1. The number of hydrogen-bond acceptors (Lipinski definition) is 5. The second-order valence-electron chi connectivity index (χ2n) is 7.53. The Labute approximate surface area is 147 Å². The lowest BCUT2D eigenvalue weighted by atomic mass is 9.45. The first-order valence-corrected chi connectivity index (χ1v) is 9.00. The van der Waals surface area contributed by atoms with Gasteiger partial charge in [0.25, 0.3) is 0 Å². The number of carboxylic acids is 1. The molecule has 2 bridgehead atoms. The molecule has 1 amide bonds. The van der Waals surface area contributed by atoms with Gasteiger partial charge in [-0.1, -0.05) is 6.42 Å². The van der Waals surface area contributed by atoms with Crippen LogP contribution >= 0.6 is 0 Å². The number of piperidine rings is 1. The average Bonchev–Trinajstić information content (AvgIpc) is 2.59. The van der Waals surface area contributed by atoms with Crippen molar-refractivity contribution in [2.24, 2.45) is 16.7 Å². The van der Waals surface area contributed by atoms with E-state index >= 15 is 0 Å². The van der Waals surface area contributed by atoms with Crippen molar-refractivity contribution in [3.8, 4) is 0 Å². The van der Waals surface area contributed by atoms with Crippen LogP contribution in [0.1, 0.15) is 45.4 Å². The number of likely N-dealkylation sites (tertiary alicyclic amines) is 1. The van der Waals surface area contributed by atoms with Crippen LogP contribution < -0.4 is 0 Å². The maximum atomic E-state index is 13.4. The van der Waals surface area contributed by atoms with Gasteiger partial charge in [-0.05, 0) is 26.2 Å². The van der Waals surface area contributed by atoms with E-state index in [1.54, 1.807) is 4.90 Å². The van der Waals surface area contributed by atoms with Crippen molar-refractivity contribution in [2.75, 3.05) is 20.8 Å². The Morgan fingerprint density at radius 3 is 2.52 bits per heavy atom. The number of ketones is 1. The molecule has 2 unspecified atom stereocenters. The molecular formula is C18H27NO6. The third-order valence-corrected chi connectivity index (χ3v) is 6.80. The Bertz CT molecular complexity index is 588. The van der Waals surface area contributed by atoms with Gasteiger partial charge in [0.15, 0.2) is 11.7 Å². The van der Waals surface area contributed by atoms with Crippen LogP contribution in [0.15, 0.2) is 0 Å². The summed E-state index contributed by atoms with van der Waals surface area (Å²) in [5.41, 5.74) is -1.99. The van der Waals surface area contributed by atoms with E-state index in [2.05, 4.69) is 0 Å². The molecule has 4 atom stereocenters. The van der Waals surface area contributed by atoms with Crippen molar-refractivity contribution < 1.29 is 29.0 Å². The second-order valence-corrected chi connectivity index (χ2v) is 7.53. The molecule has 1 saturated heterocycles. The molecule has 2 saturated carbocycles. The summed E-state index contributed by atoms with van der Waals surface area (Å²) in [6.07, 6.45) is 2.27. The van der Waals surface area contributed by atoms with E-state index < -0.39 is 29.0 Å². The second kappa shape index (κ2) is 6.36. The van der Waals surface area contributed by atoms with E-state index in [1.807, 2.05) is 6.92 Å². The topological polar surface area (TPSA) is 93.1 Å². The molecule has 7 nitrogen and oxygen atoms in total. The van der Waals surface area contributed by atoms with Gasteiger partial charge in [-0.2, -0.15) is 0 Å². The van der Waals surface area contributed by atoms with Gasteiger partial charge in [0, 0.05) is 51.0 Å². The van der Waals surface area contributed by atoms with Crippen LogP contribution in [0.5, 0.6) is 0 Å². The maximum absolute atomic E-state index is 13.4. The zero-order chi connectivity index (χ0) is 18.4. The minimum absolute atomic E-state index is 0.139. The minimum atomic E-state index is -1.54. The van der Waals surface area contributed by atoms with E-state index in [0.29, 0.717) is 32.2 Å². The summed E-state index contributed by atoms with van der Waals surface area (Å²) in [7, 11) is 2.96. The molecule has 1 heterocycles. The zero-order valence-electron chi connectivity index (χ0n) is 15.1. The van der Waals surface area contributed by atoms with Gasteiger partial charge in [0.2, 0.25) is 5.91 Å². The lowest BCUT2D eigenvalue weighted by molar-refractivity contribution is -0.255.